The molecule has 2 heterocycles. The Hall–Kier alpha value is -4.03. The van der Waals surface area contributed by atoms with Crippen molar-refractivity contribution in [3.05, 3.63) is 79.8 Å². The van der Waals surface area contributed by atoms with E-state index < -0.39 is 36.5 Å². The molecule has 0 saturated heterocycles. The van der Waals surface area contributed by atoms with Crippen molar-refractivity contribution in [2.45, 2.75) is 39.1 Å². The molecule has 1 atom stereocenters. The van der Waals surface area contributed by atoms with Gasteiger partial charge in [0.05, 0.1) is 17.3 Å². The Labute approximate surface area is 200 Å². The quantitative estimate of drug-likeness (QED) is 0.213. The normalized spacial score (nSPS) is 13.5. The number of halogens is 5. The van der Waals surface area contributed by atoms with Crippen molar-refractivity contribution in [1.82, 2.24) is 19.7 Å². The number of alkyl halides is 5. The number of nitrogens with one attached hydrogen (secondary N) is 2. The summed E-state index contributed by atoms with van der Waals surface area (Å²) in [6.07, 6.45) is -4.29. The van der Waals surface area contributed by atoms with Gasteiger partial charge in [0.1, 0.15) is 6.54 Å². The maximum atomic E-state index is 14.1. The van der Waals surface area contributed by atoms with E-state index >= 15 is 0 Å². The lowest BCUT2D eigenvalue weighted by Gasteiger charge is -2.21. The van der Waals surface area contributed by atoms with Crippen molar-refractivity contribution in [3.8, 4) is 0 Å². The Bertz CT molecular complexity index is 1440. The molecule has 2 aromatic heterocycles. The molecule has 0 radical (unpaired) electrons. The number of fused-ring (bicyclic) bond motifs is 1. The van der Waals surface area contributed by atoms with Crippen LogP contribution in [0, 0.1) is 0 Å². The van der Waals surface area contributed by atoms with Crippen LogP contribution in [0.2, 0.25) is 0 Å². The number of aromatic nitrogens is 4. The van der Waals surface area contributed by atoms with Crippen LogP contribution in [0.3, 0.4) is 0 Å². The van der Waals surface area contributed by atoms with Gasteiger partial charge in [0.25, 0.3) is 12.0 Å². The van der Waals surface area contributed by atoms with Gasteiger partial charge < -0.3 is 9.72 Å². The summed E-state index contributed by atoms with van der Waals surface area (Å²) in [6.45, 7) is 1.97. The number of hydrogen-bond acceptors (Lipinski definition) is 5. The molecule has 36 heavy (non-hydrogen) atoms. The Morgan fingerprint density at radius 2 is 1.97 bits per heavy atom. The van der Waals surface area contributed by atoms with E-state index in [1.54, 1.807) is 13.8 Å². The van der Waals surface area contributed by atoms with Crippen LogP contribution in [0.15, 0.2) is 62.4 Å². The highest BCUT2D eigenvalue weighted by atomic mass is 19.4. The van der Waals surface area contributed by atoms with Gasteiger partial charge in [-0.1, -0.05) is 17.7 Å². The van der Waals surface area contributed by atoms with E-state index in [0.717, 1.165) is 0 Å². The SMILES string of the molecule is CN=C(OC(c1ccc2cnn(CC(F)(F)F)c2c1)C(F)F)C(C=Cc1c[nH]c(=O)[nH]c1=O)=C(C)C. The van der Waals surface area contributed by atoms with Crippen LogP contribution in [0.4, 0.5) is 22.0 Å². The molecule has 8 nitrogen and oxygen atoms in total. The summed E-state index contributed by atoms with van der Waals surface area (Å²) in [5.74, 6) is -0.179. The summed E-state index contributed by atoms with van der Waals surface area (Å²) < 4.78 is 73.1. The molecule has 13 heteroatoms. The highest BCUT2D eigenvalue weighted by Crippen LogP contribution is 2.30. The topological polar surface area (TPSA) is 105 Å². The second-order valence-electron chi connectivity index (χ2n) is 7.91. The maximum Gasteiger partial charge on any atom is 0.408 e. The van der Waals surface area contributed by atoms with Crippen molar-refractivity contribution in [3.63, 3.8) is 0 Å². The lowest BCUT2D eigenvalue weighted by Crippen LogP contribution is -2.23. The molecule has 1 aromatic carbocycles. The summed E-state index contributed by atoms with van der Waals surface area (Å²) in [6, 6.07) is 3.89. The van der Waals surface area contributed by atoms with E-state index in [1.807, 2.05) is 0 Å². The minimum atomic E-state index is -4.55. The molecule has 2 N–H and O–H groups in total. The first-order valence-corrected chi connectivity index (χ1v) is 10.5. The second kappa shape index (κ2) is 10.7. The third kappa shape index (κ3) is 6.34. The Morgan fingerprint density at radius 3 is 2.56 bits per heavy atom. The van der Waals surface area contributed by atoms with Crippen LogP contribution < -0.4 is 11.2 Å². The smallest absolute Gasteiger partial charge is 0.408 e. The van der Waals surface area contributed by atoms with E-state index in [1.165, 1.54) is 49.8 Å². The molecule has 1 unspecified atom stereocenters. The predicted octanol–water partition coefficient (Wildman–Crippen LogP) is 4.38. The van der Waals surface area contributed by atoms with Crippen molar-refractivity contribution in [2.75, 3.05) is 7.05 Å². The van der Waals surface area contributed by atoms with Gasteiger partial charge in [0.15, 0.2) is 6.10 Å². The van der Waals surface area contributed by atoms with Gasteiger partial charge >= 0.3 is 11.9 Å². The fourth-order valence-electron chi connectivity index (χ4n) is 3.35. The number of nitrogens with zero attached hydrogens (tertiary/aromatic N) is 3. The van der Waals surface area contributed by atoms with Crippen LogP contribution in [0.5, 0.6) is 0 Å². The lowest BCUT2D eigenvalue weighted by molar-refractivity contribution is -0.141. The zero-order valence-corrected chi connectivity index (χ0v) is 19.4. The van der Waals surface area contributed by atoms with E-state index in [9.17, 15) is 31.5 Å². The number of H-pyrrole nitrogens is 2. The van der Waals surface area contributed by atoms with Crippen molar-refractivity contribution in [1.29, 1.82) is 0 Å². The number of benzene rings is 1. The molecule has 3 aromatic rings. The summed E-state index contributed by atoms with van der Waals surface area (Å²) in [7, 11) is 1.32. The van der Waals surface area contributed by atoms with Crippen LogP contribution in [-0.4, -0.2) is 45.3 Å². The molecule has 0 aliphatic rings. The maximum absolute atomic E-state index is 14.1. The predicted molar refractivity (Wildman–Crippen MR) is 124 cm³/mol. The molecule has 0 spiro atoms. The van der Waals surface area contributed by atoms with Crippen LogP contribution in [0.1, 0.15) is 31.1 Å². The van der Waals surface area contributed by atoms with E-state index in [-0.39, 0.29) is 28.1 Å². The highest BCUT2D eigenvalue weighted by Gasteiger charge is 2.31. The summed E-state index contributed by atoms with van der Waals surface area (Å²) >= 11 is 0. The first-order chi connectivity index (χ1) is 16.9. The molecule has 3 rings (SSSR count). The molecule has 192 valence electrons. The third-order valence-electron chi connectivity index (χ3n) is 5.04. The number of aliphatic imine (C=N–C) groups is 1. The van der Waals surface area contributed by atoms with Gasteiger partial charge in [-0.3, -0.25) is 19.5 Å². The number of aromatic amines is 2. The monoisotopic (exact) mass is 511 g/mol. The summed E-state index contributed by atoms with van der Waals surface area (Å²) in [4.78, 5) is 31.5. The fourth-order valence-corrected chi connectivity index (χ4v) is 3.35. The van der Waals surface area contributed by atoms with Crippen molar-refractivity contribution < 1.29 is 26.7 Å². The summed E-state index contributed by atoms with van der Waals surface area (Å²) in [5, 5.41) is 4.04. The number of rotatable bonds is 7. The molecule has 0 aliphatic heterocycles. The number of hydrogen-bond donors (Lipinski definition) is 2. The highest BCUT2D eigenvalue weighted by molar-refractivity contribution is 5.98. The molecule has 0 saturated carbocycles. The Balaban J connectivity index is 1.96. The zero-order chi connectivity index (χ0) is 26.6. The standard InChI is InChI=1S/C23H22F5N5O3/c1-12(2)16(7-6-15-9-30-22(35)32-20(15)34)21(29-3)36-18(19(24)25)13-4-5-14-10-31-33(17(14)8-13)11-23(26,27)28/h4-10,18-19H,11H2,1-3H3,(H2,30,32,34,35). The van der Waals surface area contributed by atoms with Gasteiger partial charge in [-0.25, -0.2) is 13.6 Å². The third-order valence-corrected chi connectivity index (χ3v) is 5.04. The minimum absolute atomic E-state index is 0.0219. The average molecular weight is 511 g/mol. The molecule has 0 fully saturated rings. The Kier molecular flexibility index (Phi) is 7.90. The molecule has 0 bridgehead atoms. The second-order valence-corrected chi connectivity index (χ2v) is 7.91. The number of allylic oxidation sites excluding steroid dienone is 1. The first-order valence-electron chi connectivity index (χ1n) is 10.5. The van der Waals surface area contributed by atoms with Crippen molar-refractivity contribution >= 4 is 22.9 Å². The Morgan fingerprint density at radius 1 is 1.25 bits per heavy atom. The average Bonchev–Trinajstić information content (AvgIpc) is 3.17. The van der Waals surface area contributed by atoms with Gasteiger partial charge in [-0.15, -0.1) is 0 Å². The van der Waals surface area contributed by atoms with Crippen LogP contribution >= 0.6 is 0 Å². The lowest BCUT2D eigenvalue weighted by atomic mass is 10.1. The van der Waals surface area contributed by atoms with Gasteiger partial charge in [-0.2, -0.15) is 18.3 Å². The van der Waals surface area contributed by atoms with Gasteiger partial charge in [-0.05, 0) is 32.1 Å². The van der Waals surface area contributed by atoms with E-state index in [0.29, 0.717) is 15.6 Å². The van der Waals surface area contributed by atoms with Crippen LogP contribution in [0.25, 0.3) is 17.0 Å². The van der Waals surface area contributed by atoms with Gasteiger partial charge in [0, 0.05) is 29.8 Å². The first kappa shape index (κ1) is 26.6. The van der Waals surface area contributed by atoms with Crippen LogP contribution in [-0.2, 0) is 11.3 Å². The molecular weight excluding hydrogens is 489 g/mol. The molecule has 0 amide bonds. The van der Waals surface area contributed by atoms with Gasteiger partial charge in [0.2, 0.25) is 5.90 Å². The number of ether oxygens (including phenoxy) is 1. The van der Waals surface area contributed by atoms with E-state index in [4.69, 9.17) is 4.74 Å². The largest absolute Gasteiger partial charge is 0.463 e. The van der Waals surface area contributed by atoms with E-state index in [2.05, 4.69) is 20.1 Å². The van der Waals surface area contributed by atoms with Crippen molar-refractivity contribution in [2.24, 2.45) is 4.99 Å². The molecular formula is C23H22F5N5O3. The summed E-state index contributed by atoms with van der Waals surface area (Å²) in [5.41, 5.74) is -0.403. The minimum Gasteiger partial charge on any atom is -0.463 e. The fraction of sp³-hybridized carbons (Fsp3) is 0.304. The zero-order valence-electron chi connectivity index (χ0n) is 19.4. The molecule has 0 aliphatic carbocycles.